The first-order valence-electron chi connectivity index (χ1n) is 7.61. The number of benzene rings is 1. The Kier molecular flexibility index (Phi) is 6.14. The molecule has 2 aromatic rings. The Hall–Kier alpha value is -2.15. The fourth-order valence-electron chi connectivity index (χ4n) is 2.29. The second-order valence-electron chi connectivity index (χ2n) is 5.41. The zero-order valence-corrected chi connectivity index (χ0v) is 14.7. The number of ketones is 1. The Morgan fingerprint density at radius 2 is 1.92 bits per heavy atom. The van der Waals surface area contributed by atoms with Crippen molar-refractivity contribution < 1.29 is 14.0 Å². The van der Waals surface area contributed by atoms with Crippen molar-refractivity contribution in [3.05, 3.63) is 47.0 Å². The van der Waals surface area contributed by atoms with Crippen LogP contribution in [0.1, 0.15) is 28.2 Å². The van der Waals surface area contributed by atoms with Crippen molar-refractivity contribution in [1.29, 1.82) is 0 Å². The second-order valence-corrected chi connectivity index (χ2v) is 6.58. The SMILES string of the molecule is Cc1nn(C)c(C)c1C(=O)C(=O)NCCCSc1ccc(F)cc1. The minimum absolute atomic E-state index is 0.258. The normalized spacial score (nSPS) is 10.7. The highest BCUT2D eigenvalue weighted by Crippen LogP contribution is 2.18. The molecule has 0 spiro atoms. The van der Waals surface area contributed by atoms with Gasteiger partial charge in [0.05, 0.1) is 11.3 Å². The van der Waals surface area contributed by atoms with E-state index < -0.39 is 11.7 Å². The molecule has 0 aliphatic rings. The molecule has 0 saturated carbocycles. The van der Waals surface area contributed by atoms with E-state index in [1.807, 2.05) is 0 Å². The maximum atomic E-state index is 12.8. The Morgan fingerprint density at radius 1 is 1.25 bits per heavy atom. The van der Waals surface area contributed by atoms with Gasteiger partial charge in [0.2, 0.25) is 0 Å². The summed E-state index contributed by atoms with van der Waals surface area (Å²) in [5, 5.41) is 6.79. The lowest BCUT2D eigenvalue weighted by atomic mass is 10.1. The molecule has 0 aliphatic heterocycles. The molecular weight excluding hydrogens is 329 g/mol. The van der Waals surface area contributed by atoms with E-state index in [4.69, 9.17) is 0 Å². The van der Waals surface area contributed by atoms with Gasteiger partial charge in [-0.25, -0.2) is 4.39 Å². The monoisotopic (exact) mass is 349 g/mol. The summed E-state index contributed by atoms with van der Waals surface area (Å²) >= 11 is 1.58. The van der Waals surface area contributed by atoms with E-state index in [2.05, 4.69) is 10.4 Å². The van der Waals surface area contributed by atoms with Gasteiger partial charge in [-0.2, -0.15) is 5.10 Å². The number of aryl methyl sites for hydroxylation is 2. The first-order chi connectivity index (χ1) is 11.4. The van der Waals surface area contributed by atoms with Crippen LogP contribution in [0.5, 0.6) is 0 Å². The van der Waals surface area contributed by atoms with Crippen molar-refractivity contribution >= 4 is 23.5 Å². The third kappa shape index (κ3) is 4.44. The smallest absolute Gasteiger partial charge is 0.292 e. The van der Waals surface area contributed by atoms with Crippen LogP contribution in [0.2, 0.25) is 0 Å². The van der Waals surface area contributed by atoms with Gasteiger partial charge in [0.25, 0.3) is 11.7 Å². The molecule has 1 heterocycles. The number of rotatable bonds is 7. The summed E-state index contributed by atoms with van der Waals surface area (Å²) in [6, 6.07) is 6.27. The van der Waals surface area contributed by atoms with Crippen molar-refractivity contribution in [2.45, 2.75) is 25.2 Å². The summed E-state index contributed by atoms with van der Waals surface area (Å²) in [5.41, 5.74) is 1.61. The van der Waals surface area contributed by atoms with Crippen molar-refractivity contribution in [1.82, 2.24) is 15.1 Å². The number of halogens is 1. The molecular formula is C17H20FN3O2S. The van der Waals surface area contributed by atoms with E-state index in [0.717, 1.165) is 10.6 Å². The summed E-state index contributed by atoms with van der Waals surface area (Å²) in [4.78, 5) is 25.2. The van der Waals surface area contributed by atoms with E-state index in [1.165, 1.54) is 12.1 Å². The highest BCUT2D eigenvalue weighted by atomic mass is 32.2. The minimum atomic E-state index is -0.610. The lowest BCUT2D eigenvalue weighted by Gasteiger charge is -2.05. The molecule has 1 aromatic carbocycles. The van der Waals surface area contributed by atoms with Crippen LogP contribution in [-0.2, 0) is 11.8 Å². The molecule has 0 saturated heterocycles. The van der Waals surface area contributed by atoms with Crippen molar-refractivity contribution in [3.8, 4) is 0 Å². The van der Waals surface area contributed by atoms with Gasteiger partial charge in [-0.1, -0.05) is 0 Å². The molecule has 2 rings (SSSR count). The topological polar surface area (TPSA) is 64.0 Å². The fraction of sp³-hybridized carbons (Fsp3) is 0.353. The number of hydrogen-bond acceptors (Lipinski definition) is 4. The molecule has 0 fully saturated rings. The molecule has 5 nitrogen and oxygen atoms in total. The first-order valence-corrected chi connectivity index (χ1v) is 8.59. The number of Topliss-reactive ketones (excluding diaryl/α,β-unsaturated/α-hetero) is 1. The molecule has 0 bridgehead atoms. The third-order valence-electron chi connectivity index (χ3n) is 3.63. The number of amides is 1. The van der Waals surface area contributed by atoms with E-state index in [0.29, 0.717) is 29.9 Å². The molecule has 7 heteroatoms. The molecule has 0 atom stereocenters. The number of thioether (sulfide) groups is 1. The number of carbonyl (C=O) groups is 2. The maximum Gasteiger partial charge on any atom is 0.292 e. The van der Waals surface area contributed by atoms with E-state index in [9.17, 15) is 14.0 Å². The average Bonchev–Trinajstić information content (AvgIpc) is 2.80. The highest BCUT2D eigenvalue weighted by Gasteiger charge is 2.23. The van der Waals surface area contributed by atoms with Gasteiger partial charge in [-0.15, -0.1) is 11.8 Å². The number of nitrogens with zero attached hydrogens (tertiary/aromatic N) is 2. The first kappa shape index (κ1) is 18.2. The summed E-state index contributed by atoms with van der Waals surface area (Å²) in [6.07, 6.45) is 0.714. The maximum absolute atomic E-state index is 12.8. The zero-order valence-electron chi connectivity index (χ0n) is 13.9. The van der Waals surface area contributed by atoms with Crippen LogP contribution in [0.15, 0.2) is 29.2 Å². The predicted octanol–water partition coefficient (Wildman–Crippen LogP) is 2.66. The zero-order chi connectivity index (χ0) is 17.7. The molecule has 0 unspecified atom stereocenters. The Bertz CT molecular complexity index is 741. The van der Waals surface area contributed by atoms with Gasteiger partial charge in [0.1, 0.15) is 5.82 Å². The van der Waals surface area contributed by atoms with Gasteiger partial charge in [-0.3, -0.25) is 14.3 Å². The van der Waals surface area contributed by atoms with Gasteiger partial charge in [0, 0.05) is 24.2 Å². The van der Waals surface area contributed by atoms with Crippen LogP contribution in [0, 0.1) is 19.7 Å². The van der Waals surface area contributed by atoms with E-state index in [-0.39, 0.29) is 5.82 Å². The molecule has 1 amide bonds. The van der Waals surface area contributed by atoms with Crippen LogP contribution in [0.25, 0.3) is 0 Å². The summed E-state index contributed by atoms with van der Waals surface area (Å²) in [5.74, 6) is -0.651. The number of nitrogens with one attached hydrogen (secondary N) is 1. The fourth-order valence-corrected chi connectivity index (χ4v) is 3.14. The van der Waals surface area contributed by atoms with Crippen LogP contribution < -0.4 is 5.32 Å². The van der Waals surface area contributed by atoms with Gasteiger partial charge in [-0.05, 0) is 50.3 Å². The number of hydrogen-bond donors (Lipinski definition) is 1. The molecule has 0 radical (unpaired) electrons. The van der Waals surface area contributed by atoms with Crippen LogP contribution in [-0.4, -0.2) is 33.8 Å². The van der Waals surface area contributed by atoms with Crippen molar-refractivity contribution in [3.63, 3.8) is 0 Å². The van der Waals surface area contributed by atoms with Crippen LogP contribution in [0.3, 0.4) is 0 Å². The van der Waals surface area contributed by atoms with E-state index in [1.54, 1.807) is 49.5 Å². The van der Waals surface area contributed by atoms with Crippen molar-refractivity contribution in [2.75, 3.05) is 12.3 Å². The lowest BCUT2D eigenvalue weighted by molar-refractivity contribution is -0.117. The third-order valence-corrected chi connectivity index (χ3v) is 4.73. The Labute approximate surface area is 144 Å². The number of carbonyl (C=O) groups excluding carboxylic acids is 2. The Balaban J connectivity index is 1.76. The lowest BCUT2D eigenvalue weighted by Crippen LogP contribution is -2.32. The number of aromatic nitrogens is 2. The average molecular weight is 349 g/mol. The van der Waals surface area contributed by atoms with Crippen LogP contribution in [0.4, 0.5) is 4.39 Å². The second kappa shape index (κ2) is 8.10. The summed E-state index contributed by atoms with van der Waals surface area (Å²) < 4.78 is 14.4. The van der Waals surface area contributed by atoms with Crippen molar-refractivity contribution in [2.24, 2.45) is 7.05 Å². The van der Waals surface area contributed by atoms with Gasteiger partial charge >= 0.3 is 0 Å². The predicted molar refractivity (Wildman–Crippen MR) is 91.8 cm³/mol. The Morgan fingerprint density at radius 3 is 2.50 bits per heavy atom. The summed E-state index contributed by atoms with van der Waals surface area (Å²) in [6.45, 7) is 3.89. The highest BCUT2D eigenvalue weighted by molar-refractivity contribution is 7.99. The van der Waals surface area contributed by atoms with E-state index >= 15 is 0 Å². The van der Waals surface area contributed by atoms with Crippen LogP contribution >= 0.6 is 11.8 Å². The molecule has 24 heavy (non-hydrogen) atoms. The standard InChI is InChI=1S/C17H20FN3O2S/c1-11-15(12(2)21(3)20-11)16(22)17(23)19-9-4-10-24-14-7-5-13(18)6-8-14/h5-8H,4,9-10H2,1-3H3,(H,19,23). The summed E-state index contributed by atoms with van der Waals surface area (Å²) in [7, 11) is 1.74. The molecule has 128 valence electrons. The molecule has 1 aromatic heterocycles. The largest absolute Gasteiger partial charge is 0.349 e. The minimum Gasteiger partial charge on any atom is -0.349 e. The quantitative estimate of drug-likeness (QED) is 0.361. The van der Waals surface area contributed by atoms with Gasteiger partial charge < -0.3 is 5.32 Å². The molecule has 1 N–H and O–H groups in total. The van der Waals surface area contributed by atoms with Gasteiger partial charge in [0.15, 0.2) is 0 Å². The molecule has 0 aliphatic carbocycles.